The summed E-state index contributed by atoms with van der Waals surface area (Å²) in [6.45, 7) is 5.13. The molecule has 108 valence electrons. The first kappa shape index (κ1) is 15.0. The van der Waals surface area contributed by atoms with E-state index < -0.39 is 0 Å². The van der Waals surface area contributed by atoms with E-state index in [1.807, 2.05) is 18.2 Å². The Hall–Kier alpha value is -1.42. The molecule has 0 radical (unpaired) electrons. The Bertz CT molecular complexity index is 527. The number of rotatable bonds is 7. The van der Waals surface area contributed by atoms with E-state index in [4.69, 9.17) is 0 Å². The predicted octanol–water partition coefficient (Wildman–Crippen LogP) is 3.78. The lowest BCUT2D eigenvalue weighted by Crippen LogP contribution is -2.29. The number of aryl methyl sites for hydroxylation is 1. The number of nitrogens with zero attached hydrogens (tertiary/aromatic N) is 1. The fraction of sp³-hybridized carbons (Fsp3) is 0.500. The van der Waals surface area contributed by atoms with Gasteiger partial charge in [-0.05, 0) is 18.1 Å². The van der Waals surface area contributed by atoms with Crippen LogP contribution in [0.3, 0.4) is 0 Å². The van der Waals surface area contributed by atoms with Crippen molar-refractivity contribution in [2.24, 2.45) is 5.92 Å². The SMILES string of the molecule is CCC(CC)CNC(=O)CCc1nc2ccccc2s1. The highest BCUT2D eigenvalue weighted by Gasteiger charge is 2.09. The fourth-order valence-corrected chi connectivity index (χ4v) is 3.14. The lowest BCUT2D eigenvalue weighted by molar-refractivity contribution is -0.121. The summed E-state index contributed by atoms with van der Waals surface area (Å²) in [4.78, 5) is 16.4. The lowest BCUT2D eigenvalue weighted by Gasteiger charge is -2.12. The van der Waals surface area contributed by atoms with Gasteiger partial charge in [0.25, 0.3) is 0 Å². The van der Waals surface area contributed by atoms with Gasteiger partial charge in [-0.25, -0.2) is 4.98 Å². The van der Waals surface area contributed by atoms with Gasteiger partial charge in [-0.15, -0.1) is 11.3 Å². The van der Waals surface area contributed by atoms with Crippen molar-refractivity contribution in [3.05, 3.63) is 29.3 Å². The number of benzene rings is 1. The largest absolute Gasteiger partial charge is 0.356 e. The average molecular weight is 290 g/mol. The highest BCUT2D eigenvalue weighted by molar-refractivity contribution is 7.18. The van der Waals surface area contributed by atoms with Gasteiger partial charge in [-0.3, -0.25) is 4.79 Å². The van der Waals surface area contributed by atoms with Crippen molar-refractivity contribution in [1.29, 1.82) is 0 Å². The summed E-state index contributed by atoms with van der Waals surface area (Å²) < 4.78 is 1.19. The zero-order valence-electron chi connectivity index (χ0n) is 12.2. The molecule has 2 rings (SSSR count). The van der Waals surface area contributed by atoms with Crippen LogP contribution in [0.15, 0.2) is 24.3 Å². The Morgan fingerprint density at radius 1 is 1.30 bits per heavy atom. The number of aromatic nitrogens is 1. The Labute approximate surface area is 124 Å². The van der Waals surface area contributed by atoms with Crippen molar-refractivity contribution in [3.8, 4) is 0 Å². The van der Waals surface area contributed by atoms with Crippen molar-refractivity contribution in [2.75, 3.05) is 6.54 Å². The number of carbonyl (C=O) groups is 1. The zero-order valence-corrected chi connectivity index (χ0v) is 13.0. The number of thiazole rings is 1. The summed E-state index contributed by atoms with van der Waals surface area (Å²) in [7, 11) is 0. The van der Waals surface area contributed by atoms with Gasteiger partial charge in [0.15, 0.2) is 0 Å². The molecule has 1 aromatic heterocycles. The number of hydrogen-bond donors (Lipinski definition) is 1. The standard InChI is InChI=1S/C16H22N2OS/c1-3-12(4-2)11-17-15(19)9-10-16-18-13-7-5-6-8-14(13)20-16/h5-8,12H,3-4,9-11H2,1-2H3,(H,17,19). The third-order valence-corrected chi connectivity index (χ3v) is 4.74. The molecule has 1 N–H and O–H groups in total. The van der Waals surface area contributed by atoms with Gasteiger partial charge in [0.05, 0.1) is 15.2 Å². The molecular weight excluding hydrogens is 268 g/mol. The van der Waals surface area contributed by atoms with E-state index in [0.29, 0.717) is 12.3 Å². The maximum atomic E-state index is 11.8. The normalized spacial score (nSPS) is 11.2. The van der Waals surface area contributed by atoms with Crippen molar-refractivity contribution < 1.29 is 4.79 Å². The fourth-order valence-electron chi connectivity index (χ4n) is 2.17. The summed E-state index contributed by atoms with van der Waals surface area (Å²) in [5, 5.41) is 4.07. The van der Waals surface area contributed by atoms with Crippen molar-refractivity contribution >= 4 is 27.5 Å². The molecule has 0 spiro atoms. The maximum absolute atomic E-state index is 11.8. The van der Waals surface area contributed by atoms with E-state index in [0.717, 1.165) is 36.3 Å². The second kappa shape index (κ2) is 7.39. The van der Waals surface area contributed by atoms with Crippen LogP contribution in [-0.2, 0) is 11.2 Å². The Morgan fingerprint density at radius 2 is 2.05 bits per heavy atom. The smallest absolute Gasteiger partial charge is 0.220 e. The van der Waals surface area contributed by atoms with E-state index in [1.165, 1.54) is 4.70 Å². The minimum absolute atomic E-state index is 0.135. The van der Waals surface area contributed by atoms with Crippen molar-refractivity contribution in [3.63, 3.8) is 0 Å². The molecule has 20 heavy (non-hydrogen) atoms. The number of nitrogens with one attached hydrogen (secondary N) is 1. The third-order valence-electron chi connectivity index (χ3n) is 3.65. The van der Waals surface area contributed by atoms with Gasteiger partial charge >= 0.3 is 0 Å². The number of hydrogen-bond acceptors (Lipinski definition) is 3. The van der Waals surface area contributed by atoms with Crippen LogP contribution < -0.4 is 5.32 Å². The molecule has 0 saturated heterocycles. The minimum Gasteiger partial charge on any atom is -0.356 e. The Morgan fingerprint density at radius 3 is 2.75 bits per heavy atom. The summed E-state index contributed by atoms with van der Waals surface area (Å²) >= 11 is 1.68. The molecule has 3 nitrogen and oxygen atoms in total. The van der Waals surface area contributed by atoms with Crippen LogP contribution in [0.4, 0.5) is 0 Å². The van der Waals surface area contributed by atoms with E-state index in [2.05, 4.69) is 30.2 Å². The van der Waals surface area contributed by atoms with Crippen LogP contribution in [0.25, 0.3) is 10.2 Å². The van der Waals surface area contributed by atoms with E-state index in [9.17, 15) is 4.79 Å². The van der Waals surface area contributed by atoms with Crippen LogP contribution in [-0.4, -0.2) is 17.4 Å². The van der Waals surface area contributed by atoms with Crippen LogP contribution >= 0.6 is 11.3 Å². The molecule has 2 aromatic rings. The number of fused-ring (bicyclic) bond motifs is 1. The van der Waals surface area contributed by atoms with Gasteiger partial charge in [0.1, 0.15) is 0 Å². The molecule has 0 aliphatic carbocycles. The number of amides is 1. The second-order valence-corrected chi connectivity index (χ2v) is 6.18. The summed E-state index contributed by atoms with van der Waals surface area (Å²) in [5.74, 6) is 0.734. The molecule has 0 fully saturated rings. The van der Waals surface area contributed by atoms with E-state index in [-0.39, 0.29) is 5.91 Å². The molecule has 4 heteroatoms. The molecule has 1 heterocycles. The van der Waals surface area contributed by atoms with Crippen molar-refractivity contribution in [1.82, 2.24) is 10.3 Å². The second-order valence-electron chi connectivity index (χ2n) is 5.06. The van der Waals surface area contributed by atoms with Crippen molar-refractivity contribution in [2.45, 2.75) is 39.5 Å². The molecule has 0 saturated carbocycles. The molecular formula is C16H22N2OS. The van der Waals surface area contributed by atoms with Crippen LogP contribution in [0, 0.1) is 5.92 Å². The number of carbonyl (C=O) groups excluding carboxylic acids is 1. The summed E-state index contributed by atoms with van der Waals surface area (Å²) in [5.41, 5.74) is 1.03. The first-order valence-corrected chi connectivity index (χ1v) is 8.15. The maximum Gasteiger partial charge on any atom is 0.220 e. The van der Waals surface area contributed by atoms with E-state index in [1.54, 1.807) is 11.3 Å². The monoisotopic (exact) mass is 290 g/mol. The highest BCUT2D eigenvalue weighted by Crippen LogP contribution is 2.22. The lowest BCUT2D eigenvalue weighted by atomic mass is 10.0. The molecule has 0 aliphatic rings. The summed E-state index contributed by atoms with van der Waals surface area (Å²) in [6, 6.07) is 8.10. The Balaban J connectivity index is 1.81. The molecule has 0 aliphatic heterocycles. The first-order valence-electron chi connectivity index (χ1n) is 7.34. The molecule has 0 bridgehead atoms. The van der Waals surface area contributed by atoms with Gasteiger partial charge in [-0.2, -0.15) is 0 Å². The molecule has 0 atom stereocenters. The van der Waals surface area contributed by atoms with Crippen LogP contribution in [0.1, 0.15) is 38.1 Å². The summed E-state index contributed by atoms with van der Waals surface area (Å²) in [6.07, 6.45) is 3.50. The first-order chi connectivity index (χ1) is 9.72. The Kier molecular flexibility index (Phi) is 5.53. The van der Waals surface area contributed by atoms with Crippen LogP contribution in [0.5, 0.6) is 0 Å². The zero-order chi connectivity index (χ0) is 14.4. The average Bonchev–Trinajstić information content (AvgIpc) is 2.89. The quantitative estimate of drug-likeness (QED) is 0.843. The van der Waals surface area contributed by atoms with E-state index >= 15 is 0 Å². The highest BCUT2D eigenvalue weighted by atomic mass is 32.1. The van der Waals surface area contributed by atoms with Gasteiger partial charge in [0.2, 0.25) is 5.91 Å². The molecule has 0 unspecified atom stereocenters. The van der Waals surface area contributed by atoms with Gasteiger partial charge in [-0.1, -0.05) is 38.8 Å². The number of para-hydroxylation sites is 1. The van der Waals surface area contributed by atoms with Gasteiger partial charge < -0.3 is 5.32 Å². The molecule has 1 amide bonds. The topological polar surface area (TPSA) is 42.0 Å². The van der Waals surface area contributed by atoms with Gasteiger partial charge in [0, 0.05) is 19.4 Å². The minimum atomic E-state index is 0.135. The third kappa shape index (κ3) is 4.04. The molecule has 1 aromatic carbocycles. The van der Waals surface area contributed by atoms with Crippen LogP contribution in [0.2, 0.25) is 0 Å². The predicted molar refractivity (Wildman–Crippen MR) is 85.0 cm³/mol.